The molecule has 1 aromatic rings. The molecule has 2 N–H and O–H groups in total. The summed E-state index contributed by atoms with van der Waals surface area (Å²) in [5.41, 5.74) is -0.173. The molecule has 0 spiro atoms. The minimum absolute atomic E-state index is 0.173. The summed E-state index contributed by atoms with van der Waals surface area (Å²) < 4.78 is 31.8. The number of benzene rings is 1. The van der Waals surface area contributed by atoms with Crippen molar-refractivity contribution in [2.24, 2.45) is 11.8 Å². The minimum atomic E-state index is -1.10. The Morgan fingerprint density at radius 2 is 1.86 bits per heavy atom. The molecule has 0 saturated carbocycles. The second-order valence-corrected chi connectivity index (χ2v) is 5.29. The van der Waals surface area contributed by atoms with E-state index in [-0.39, 0.29) is 5.69 Å². The molecule has 21 heavy (non-hydrogen) atoms. The number of ether oxygens (including phenoxy) is 1. The zero-order chi connectivity index (χ0) is 15.1. The van der Waals surface area contributed by atoms with Crippen LogP contribution in [0.25, 0.3) is 0 Å². The lowest BCUT2D eigenvalue weighted by Gasteiger charge is -2.23. The van der Waals surface area contributed by atoms with Crippen LogP contribution in [0.15, 0.2) is 18.2 Å². The average molecular weight is 297 g/mol. The van der Waals surface area contributed by atoms with E-state index in [1.807, 2.05) is 0 Å². The average Bonchev–Trinajstić information content (AvgIpc) is 3.02. The predicted octanol–water partition coefficient (Wildman–Crippen LogP) is 1.78. The van der Waals surface area contributed by atoms with Crippen LogP contribution < -0.4 is 5.32 Å². The molecule has 2 fully saturated rings. The number of rotatable bonds is 3. The quantitative estimate of drug-likeness (QED) is 0.891. The van der Waals surface area contributed by atoms with Crippen molar-refractivity contribution in [2.75, 3.05) is 5.32 Å². The van der Waals surface area contributed by atoms with Crippen LogP contribution >= 0.6 is 0 Å². The number of fused-ring (bicyclic) bond motifs is 2. The van der Waals surface area contributed by atoms with Crippen molar-refractivity contribution >= 4 is 17.6 Å². The molecule has 7 heteroatoms. The Hall–Kier alpha value is -2.02. The second-order valence-electron chi connectivity index (χ2n) is 5.29. The molecule has 5 nitrogen and oxygen atoms in total. The van der Waals surface area contributed by atoms with E-state index in [4.69, 9.17) is 4.74 Å². The van der Waals surface area contributed by atoms with Gasteiger partial charge in [0.2, 0.25) is 5.91 Å². The summed E-state index contributed by atoms with van der Waals surface area (Å²) in [6.07, 6.45) is 0.287. The fourth-order valence-electron chi connectivity index (χ4n) is 3.13. The smallest absolute Gasteiger partial charge is 0.310 e. The number of carboxylic acids is 1. The highest BCUT2D eigenvalue weighted by Gasteiger charge is 2.55. The lowest BCUT2D eigenvalue weighted by Crippen LogP contribution is -2.41. The fraction of sp³-hybridized carbons (Fsp3) is 0.429. The largest absolute Gasteiger partial charge is 0.481 e. The van der Waals surface area contributed by atoms with E-state index >= 15 is 0 Å². The number of carbonyl (C=O) groups excluding carboxylic acids is 1. The first-order valence-electron chi connectivity index (χ1n) is 6.61. The van der Waals surface area contributed by atoms with Crippen LogP contribution in [0.4, 0.5) is 14.5 Å². The zero-order valence-electron chi connectivity index (χ0n) is 10.9. The molecule has 0 radical (unpaired) electrons. The van der Waals surface area contributed by atoms with Crippen molar-refractivity contribution in [1.82, 2.24) is 0 Å². The maximum Gasteiger partial charge on any atom is 0.310 e. The second kappa shape index (κ2) is 5.07. The number of nitrogens with one attached hydrogen (secondary N) is 1. The Morgan fingerprint density at radius 1 is 1.19 bits per heavy atom. The van der Waals surface area contributed by atoms with Gasteiger partial charge in [-0.15, -0.1) is 0 Å². The molecule has 2 saturated heterocycles. The van der Waals surface area contributed by atoms with Gasteiger partial charge in [0, 0.05) is 6.07 Å². The van der Waals surface area contributed by atoms with Crippen LogP contribution in [0.2, 0.25) is 0 Å². The summed E-state index contributed by atoms with van der Waals surface area (Å²) >= 11 is 0. The first-order valence-corrected chi connectivity index (χ1v) is 6.61. The van der Waals surface area contributed by atoms with Crippen LogP contribution in [0, 0.1) is 23.5 Å². The van der Waals surface area contributed by atoms with E-state index in [0.29, 0.717) is 18.9 Å². The third kappa shape index (κ3) is 2.37. The third-order valence-corrected chi connectivity index (χ3v) is 4.05. The number of carboxylic acid groups (broad SMARTS) is 1. The molecular weight excluding hydrogens is 284 g/mol. The van der Waals surface area contributed by atoms with Gasteiger partial charge in [-0.3, -0.25) is 9.59 Å². The number of aliphatic carboxylic acids is 1. The zero-order valence-corrected chi connectivity index (χ0v) is 10.9. The van der Waals surface area contributed by atoms with Gasteiger partial charge < -0.3 is 15.2 Å². The summed E-state index contributed by atoms with van der Waals surface area (Å²) in [6.45, 7) is 0. The Morgan fingerprint density at radius 3 is 2.48 bits per heavy atom. The van der Waals surface area contributed by atoms with E-state index in [2.05, 4.69) is 5.32 Å². The topological polar surface area (TPSA) is 75.6 Å². The number of amides is 1. The summed E-state index contributed by atoms with van der Waals surface area (Å²) in [5, 5.41) is 11.6. The maximum absolute atomic E-state index is 13.5. The summed E-state index contributed by atoms with van der Waals surface area (Å²) in [4.78, 5) is 23.5. The van der Waals surface area contributed by atoms with Gasteiger partial charge >= 0.3 is 5.97 Å². The van der Waals surface area contributed by atoms with E-state index in [1.165, 1.54) is 0 Å². The normalized spacial score (nSPS) is 30.4. The number of carbonyl (C=O) groups is 2. The summed E-state index contributed by atoms with van der Waals surface area (Å²) in [5.74, 6) is -5.14. The van der Waals surface area contributed by atoms with Gasteiger partial charge in [0.25, 0.3) is 0 Å². The summed E-state index contributed by atoms with van der Waals surface area (Å²) in [6, 6.07) is 2.78. The fourth-order valence-corrected chi connectivity index (χ4v) is 3.13. The number of halogens is 2. The monoisotopic (exact) mass is 297 g/mol. The first-order chi connectivity index (χ1) is 9.97. The van der Waals surface area contributed by atoms with Gasteiger partial charge in [0.15, 0.2) is 0 Å². The summed E-state index contributed by atoms with van der Waals surface area (Å²) in [7, 11) is 0. The van der Waals surface area contributed by atoms with Crippen molar-refractivity contribution < 1.29 is 28.2 Å². The molecule has 0 aromatic heterocycles. The molecule has 112 valence electrons. The minimum Gasteiger partial charge on any atom is -0.481 e. The molecule has 2 heterocycles. The Kier molecular flexibility index (Phi) is 3.36. The van der Waals surface area contributed by atoms with Crippen LogP contribution in [-0.2, 0) is 14.3 Å². The van der Waals surface area contributed by atoms with Crippen molar-refractivity contribution in [3.8, 4) is 0 Å². The molecule has 4 atom stereocenters. The molecule has 2 aliphatic rings. The molecular formula is C14H13F2NO4. The lowest BCUT2D eigenvalue weighted by atomic mass is 9.78. The van der Waals surface area contributed by atoms with E-state index in [9.17, 15) is 23.5 Å². The van der Waals surface area contributed by atoms with Crippen LogP contribution in [0.5, 0.6) is 0 Å². The molecule has 0 aliphatic carbocycles. The van der Waals surface area contributed by atoms with Gasteiger partial charge in [-0.1, -0.05) is 0 Å². The number of anilines is 1. The standard InChI is InChI=1S/C14H13F2NO4/c15-6-1-2-8(7(16)5-6)17-13(18)11-9-3-4-10(21-9)12(11)14(19)20/h1-2,5,9-12H,3-4H2,(H,17,18)(H,19,20)/t9-,10-,11-,12+/m1/s1. The lowest BCUT2D eigenvalue weighted by molar-refractivity contribution is -0.147. The predicted molar refractivity (Wildman–Crippen MR) is 67.5 cm³/mol. The molecule has 2 bridgehead atoms. The SMILES string of the molecule is O=C(O)[C@@H]1[C@H](C(=O)Nc2ccc(F)cc2F)[C@H]2CC[C@H]1O2. The van der Waals surface area contributed by atoms with Gasteiger partial charge in [-0.2, -0.15) is 0 Å². The number of hydrogen-bond acceptors (Lipinski definition) is 3. The van der Waals surface area contributed by atoms with Crippen LogP contribution in [-0.4, -0.2) is 29.2 Å². The first kappa shape index (κ1) is 13.9. The molecule has 0 unspecified atom stereocenters. The van der Waals surface area contributed by atoms with Gasteiger partial charge in [0.1, 0.15) is 11.6 Å². The van der Waals surface area contributed by atoms with Gasteiger partial charge in [0.05, 0.1) is 29.7 Å². The van der Waals surface area contributed by atoms with Gasteiger partial charge in [-0.25, -0.2) is 8.78 Å². The van der Waals surface area contributed by atoms with E-state index in [1.54, 1.807) is 0 Å². The van der Waals surface area contributed by atoms with E-state index in [0.717, 1.165) is 12.1 Å². The van der Waals surface area contributed by atoms with Crippen LogP contribution in [0.3, 0.4) is 0 Å². The Balaban J connectivity index is 1.80. The number of hydrogen-bond donors (Lipinski definition) is 2. The van der Waals surface area contributed by atoms with Crippen molar-refractivity contribution in [3.05, 3.63) is 29.8 Å². The Labute approximate surface area is 118 Å². The highest BCUT2D eigenvalue weighted by Crippen LogP contribution is 2.44. The Bertz CT molecular complexity index is 607. The van der Waals surface area contributed by atoms with Crippen molar-refractivity contribution in [1.29, 1.82) is 0 Å². The van der Waals surface area contributed by atoms with Crippen molar-refractivity contribution in [2.45, 2.75) is 25.0 Å². The molecule has 1 aromatic carbocycles. The highest BCUT2D eigenvalue weighted by atomic mass is 19.1. The van der Waals surface area contributed by atoms with Crippen molar-refractivity contribution in [3.63, 3.8) is 0 Å². The maximum atomic E-state index is 13.5. The molecule has 3 rings (SSSR count). The third-order valence-electron chi connectivity index (χ3n) is 4.05. The van der Waals surface area contributed by atoms with E-state index < -0.39 is 47.6 Å². The highest BCUT2D eigenvalue weighted by molar-refractivity contribution is 5.96. The van der Waals surface area contributed by atoms with Gasteiger partial charge in [-0.05, 0) is 25.0 Å². The molecule has 1 amide bonds. The molecule has 2 aliphatic heterocycles. The van der Waals surface area contributed by atoms with Crippen LogP contribution in [0.1, 0.15) is 12.8 Å².